The van der Waals surface area contributed by atoms with Crippen molar-refractivity contribution < 1.29 is 19.4 Å². The van der Waals surface area contributed by atoms with Crippen molar-refractivity contribution in [3.8, 4) is 0 Å². The molecule has 1 saturated heterocycles. The molecule has 0 aliphatic carbocycles. The maximum atomic E-state index is 12.9. The smallest absolute Gasteiger partial charge is 0.410 e. The predicted molar refractivity (Wildman–Crippen MR) is 151 cm³/mol. The third-order valence-corrected chi connectivity index (χ3v) is 7.59. The molecule has 10 heteroatoms. The molecule has 38 heavy (non-hydrogen) atoms. The minimum atomic E-state index is -3.93. The van der Waals surface area contributed by atoms with Gasteiger partial charge in [-0.05, 0) is 95.0 Å². The Kier molecular flexibility index (Phi) is 8.48. The molecule has 0 radical (unpaired) electrons. The lowest BCUT2D eigenvalue weighted by molar-refractivity contribution is 0.0130. The van der Waals surface area contributed by atoms with Gasteiger partial charge in [0.05, 0.1) is 11.7 Å². The van der Waals surface area contributed by atoms with Gasteiger partial charge < -0.3 is 15.0 Å². The summed E-state index contributed by atoms with van der Waals surface area (Å²) in [6.45, 7) is 16.8. The van der Waals surface area contributed by atoms with Crippen molar-refractivity contribution in [2.75, 3.05) is 11.9 Å². The third-order valence-electron chi connectivity index (χ3n) is 6.78. The van der Waals surface area contributed by atoms with Crippen LogP contribution in [0.2, 0.25) is 0 Å². The number of hydrogen-bond acceptors (Lipinski definition) is 7. The highest BCUT2D eigenvalue weighted by atomic mass is 32.2. The van der Waals surface area contributed by atoms with Crippen molar-refractivity contribution in [2.24, 2.45) is 11.1 Å². The number of hydrogen-bond donors (Lipinski definition) is 2. The number of rotatable bonds is 7. The van der Waals surface area contributed by atoms with Crippen LogP contribution in [-0.4, -0.2) is 47.1 Å². The van der Waals surface area contributed by atoms with Gasteiger partial charge in [-0.1, -0.05) is 26.8 Å². The molecule has 2 aromatic rings. The summed E-state index contributed by atoms with van der Waals surface area (Å²) in [5.41, 5.74) is 1.08. The number of primary sulfonamides is 1. The van der Waals surface area contributed by atoms with Crippen molar-refractivity contribution in [1.29, 1.82) is 0 Å². The summed E-state index contributed by atoms with van der Waals surface area (Å²) in [4.78, 5) is 23.6. The molecule has 0 bridgehead atoms. The first-order valence-electron chi connectivity index (χ1n) is 13.1. The number of pyridine rings is 2. The molecular formula is C28H45N5O4S. The monoisotopic (exact) mass is 547 g/mol. The van der Waals surface area contributed by atoms with Crippen molar-refractivity contribution in [1.82, 2.24) is 14.9 Å². The summed E-state index contributed by atoms with van der Waals surface area (Å²) < 4.78 is 29.4. The van der Waals surface area contributed by atoms with Crippen LogP contribution in [0.5, 0.6) is 0 Å². The first kappa shape index (κ1) is 29.8. The SMILES string of the molecule is CC(C)(C)OC(=O)N1C[C@@H](CCC(Nc2cccc(S(N)(=O)=O)n2)c2cc(C(C)(C)C)ccn2)CC1(C)C.[HH]. The molecule has 0 saturated carbocycles. The van der Waals surface area contributed by atoms with Crippen molar-refractivity contribution in [3.63, 3.8) is 0 Å². The molecule has 2 atom stereocenters. The summed E-state index contributed by atoms with van der Waals surface area (Å²) in [6.07, 6.45) is 3.92. The highest BCUT2D eigenvalue weighted by Crippen LogP contribution is 2.38. The molecule has 0 spiro atoms. The number of likely N-dealkylation sites (tertiary alicyclic amines) is 1. The highest BCUT2D eigenvalue weighted by molar-refractivity contribution is 7.89. The second kappa shape index (κ2) is 10.8. The molecule has 3 rings (SSSR count). The molecule has 1 aliphatic rings. The molecule has 3 N–H and O–H groups in total. The summed E-state index contributed by atoms with van der Waals surface area (Å²) >= 11 is 0. The molecule has 9 nitrogen and oxygen atoms in total. The lowest BCUT2D eigenvalue weighted by Crippen LogP contribution is -2.45. The van der Waals surface area contributed by atoms with Crippen LogP contribution in [0, 0.1) is 5.92 Å². The quantitative estimate of drug-likeness (QED) is 0.459. The Hall–Kier alpha value is -2.72. The number of nitrogens with zero attached hydrogens (tertiary/aromatic N) is 3. The van der Waals surface area contributed by atoms with E-state index in [1.807, 2.05) is 37.9 Å². The summed E-state index contributed by atoms with van der Waals surface area (Å²) in [7, 11) is -3.93. The lowest BCUT2D eigenvalue weighted by atomic mass is 9.86. The molecule has 212 valence electrons. The van der Waals surface area contributed by atoms with Crippen molar-refractivity contribution >= 4 is 21.9 Å². The summed E-state index contributed by atoms with van der Waals surface area (Å²) in [5, 5.41) is 8.51. The van der Waals surface area contributed by atoms with Crippen LogP contribution in [-0.2, 0) is 20.2 Å². The number of ether oxygens (including phenoxy) is 1. The normalized spacial score (nSPS) is 18.8. The van der Waals surface area contributed by atoms with Gasteiger partial charge in [-0.3, -0.25) is 4.98 Å². The molecule has 3 heterocycles. The third kappa shape index (κ3) is 7.89. The van der Waals surface area contributed by atoms with Gasteiger partial charge in [0.15, 0.2) is 5.03 Å². The second-order valence-electron chi connectivity index (χ2n) is 12.9. The van der Waals surface area contributed by atoms with E-state index in [0.29, 0.717) is 18.8 Å². The van der Waals surface area contributed by atoms with Gasteiger partial charge in [0, 0.05) is 19.7 Å². The molecule has 2 aromatic heterocycles. The largest absolute Gasteiger partial charge is 0.444 e. The van der Waals surface area contributed by atoms with Gasteiger partial charge in [0.1, 0.15) is 11.4 Å². The Bertz CT molecular complexity index is 1260. The highest BCUT2D eigenvalue weighted by Gasteiger charge is 2.43. The number of sulfonamides is 1. The van der Waals surface area contributed by atoms with Crippen LogP contribution >= 0.6 is 0 Å². The predicted octanol–water partition coefficient (Wildman–Crippen LogP) is 5.64. The Labute approximate surface area is 229 Å². The van der Waals surface area contributed by atoms with E-state index in [1.54, 1.807) is 12.1 Å². The average Bonchev–Trinajstić information content (AvgIpc) is 3.09. The van der Waals surface area contributed by atoms with Crippen LogP contribution in [0.4, 0.5) is 10.6 Å². The minimum absolute atomic E-state index is 0. The molecule has 1 aliphatic heterocycles. The number of carbonyl (C=O) groups excluding carboxylic acids is 1. The van der Waals surface area contributed by atoms with E-state index in [1.165, 1.54) is 6.07 Å². The van der Waals surface area contributed by atoms with Crippen LogP contribution in [0.15, 0.2) is 41.6 Å². The fraction of sp³-hybridized carbons (Fsp3) is 0.607. The van der Waals surface area contributed by atoms with Gasteiger partial charge in [-0.15, -0.1) is 0 Å². The minimum Gasteiger partial charge on any atom is -0.444 e. The van der Waals surface area contributed by atoms with Crippen LogP contribution in [0.25, 0.3) is 0 Å². The summed E-state index contributed by atoms with van der Waals surface area (Å²) in [5.74, 6) is 0.683. The zero-order valence-corrected chi connectivity index (χ0v) is 24.7. The molecule has 1 unspecified atom stereocenters. The molecular weight excluding hydrogens is 502 g/mol. The van der Waals surface area contributed by atoms with Gasteiger partial charge in [-0.2, -0.15) is 0 Å². The topological polar surface area (TPSA) is 128 Å². The Morgan fingerprint density at radius 2 is 1.92 bits per heavy atom. The molecule has 1 fully saturated rings. The Morgan fingerprint density at radius 1 is 1.24 bits per heavy atom. The number of aromatic nitrogens is 2. The van der Waals surface area contributed by atoms with Crippen molar-refractivity contribution in [3.05, 3.63) is 47.8 Å². The van der Waals surface area contributed by atoms with E-state index in [0.717, 1.165) is 24.1 Å². The zero-order valence-electron chi connectivity index (χ0n) is 23.9. The number of nitrogens with two attached hydrogens (primary N) is 1. The van der Waals surface area contributed by atoms with Gasteiger partial charge in [-0.25, -0.2) is 23.3 Å². The van der Waals surface area contributed by atoms with E-state index in [-0.39, 0.29) is 35.5 Å². The lowest BCUT2D eigenvalue weighted by Gasteiger charge is -2.33. The fourth-order valence-electron chi connectivity index (χ4n) is 4.85. The molecule has 1 amide bonds. The van der Waals surface area contributed by atoms with E-state index in [9.17, 15) is 13.2 Å². The standard InChI is InChI=1S/C28H43N5O4S.H2/c1-26(2,3)20-14-15-30-22(16-20)21(31-23-10-9-11-24(32-23)38(29,35)36)13-12-19-17-28(7,8)33(18-19)25(34)37-27(4,5)6;/h9-11,14-16,19,21H,12-13,17-18H2,1-8H3,(H,31,32)(H2,29,35,36);1H/t19-,21?;/m0./s1. The number of anilines is 1. The summed E-state index contributed by atoms with van der Waals surface area (Å²) in [6, 6.07) is 8.59. The van der Waals surface area contributed by atoms with E-state index in [4.69, 9.17) is 9.88 Å². The zero-order chi connectivity index (χ0) is 28.5. The number of carbonyl (C=O) groups is 1. The number of amides is 1. The van der Waals surface area contributed by atoms with Gasteiger partial charge in [0.25, 0.3) is 10.0 Å². The first-order chi connectivity index (χ1) is 17.3. The number of nitrogens with one attached hydrogen (secondary N) is 1. The van der Waals surface area contributed by atoms with Gasteiger partial charge in [0.2, 0.25) is 0 Å². The van der Waals surface area contributed by atoms with Gasteiger partial charge >= 0.3 is 6.09 Å². The maximum absolute atomic E-state index is 12.9. The van der Waals surface area contributed by atoms with E-state index < -0.39 is 15.6 Å². The molecule has 0 aromatic carbocycles. The second-order valence-corrected chi connectivity index (χ2v) is 14.4. The van der Waals surface area contributed by atoms with E-state index in [2.05, 4.69) is 56.0 Å². The first-order valence-corrected chi connectivity index (χ1v) is 14.6. The van der Waals surface area contributed by atoms with Crippen LogP contribution < -0.4 is 10.5 Å². The van der Waals surface area contributed by atoms with E-state index >= 15 is 0 Å². The fourth-order valence-corrected chi connectivity index (χ4v) is 5.35. The Morgan fingerprint density at radius 3 is 2.53 bits per heavy atom. The van der Waals surface area contributed by atoms with Crippen LogP contribution in [0.1, 0.15) is 93.4 Å². The maximum Gasteiger partial charge on any atom is 0.410 e. The Balaban J connectivity index is 0.00000533. The van der Waals surface area contributed by atoms with Crippen molar-refractivity contribution in [2.45, 2.75) is 102 Å². The van der Waals surface area contributed by atoms with Crippen LogP contribution in [0.3, 0.4) is 0 Å². The average molecular weight is 548 g/mol.